The Hall–Kier alpha value is -4.53. The maximum atomic E-state index is 15.9. The number of alkyl carbamates (subject to hydrolysis) is 1. The molecule has 0 radical (unpaired) electrons. The number of hydrogen-bond donors (Lipinski definition) is 2. The highest BCUT2D eigenvalue weighted by atomic mass is 19.1. The summed E-state index contributed by atoms with van der Waals surface area (Å²) >= 11 is 0. The fourth-order valence-corrected chi connectivity index (χ4v) is 4.84. The molecule has 8 nitrogen and oxygen atoms in total. The number of benzene rings is 3. The minimum Gasteiger partial charge on any atom is -0.481 e. The summed E-state index contributed by atoms with van der Waals surface area (Å²) < 4.78 is 38.5. The molecule has 1 amide bonds. The molecule has 2 N–H and O–H groups in total. The fraction of sp³-hybridized carbons (Fsp3) is 0.312. The first kappa shape index (κ1) is 28.0. The minimum absolute atomic E-state index is 0.0365. The molecule has 0 spiro atoms. The highest BCUT2D eigenvalue weighted by Gasteiger charge is 2.26. The van der Waals surface area contributed by atoms with Crippen LogP contribution in [0.2, 0.25) is 0 Å². The van der Waals surface area contributed by atoms with E-state index in [1.807, 2.05) is 36.4 Å². The summed E-state index contributed by atoms with van der Waals surface area (Å²) in [6.45, 7) is 7.80. The van der Waals surface area contributed by atoms with Crippen LogP contribution < -0.4 is 15.4 Å². The zero-order chi connectivity index (χ0) is 29.1. The lowest BCUT2D eigenvalue weighted by molar-refractivity contribution is -0.142. The van der Waals surface area contributed by atoms with Crippen LogP contribution in [0.5, 0.6) is 5.75 Å². The summed E-state index contributed by atoms with van der Waals surface area (Å²) in [6, 6.07) is 16.3. The van der Waals surface area contributed by atoms with Crippen LogP contribution >= 0.6 is 0 Å². The van der Waals surface area contributed by atoms with Gasteiger partial charge in [0, 0.05) is 34.2 Å². The van der Waals surface area contributed by atoms with E-state index >= 15 is 4.39 Å². The topological polar surface area (TPSA) is 99.0 Å². The average molecular weight is 561 g/mol. The van der Waals surface area contributed by atoms with Crippen LogP contribution in [-0.2, 0) is 27.2 Å². The smallest absolute Gasteiger partial charge is 0.407 e. The Kier molecular flexibility index (Phi) is 7.88. The fourth-order valence-electron chi connectivity index (χ4n) is 4.84. The van der Waals surface area contributed by atoms with Crippen LogP contribution in [0.3, 0.4) is 0 Å². The third-order valence-corrected chi connectivity index (χ3v) is 6.61. The summed E-state index contributed by atoms with van der Waals surface area (Å²) in [4.78, 5) is 24.3. The first-order chi connectivity index (χ1) is 19.6. The standard InChI is InChI=1S/C32H33FN2O6/c1-5-38-27(36)16-19-8-7-11-25-30(19)40-26(18-34-25)22-14-20-12-13-39-29(20)24(15-22)23-10-6-9-21(28(23)33)17-35-31(37)41-32(2,3)4/h6-15,26,34H,5,16-18H2,1-4H3,(H,35,37)/t26-/m1/s1. The second kappa shape index (κ2) is 11.5. The zero-order valence-electron chi connectivity index (χ0n) is 23.5. The van der Waals surface area contributed by atoms with Crippen molar-refractivity contribution in [2.75, 3.05) is 18.5 Å². The second-order valence-corrected chi connectivity index (χ2v) is 10.8. The molecule has 0 aliphatic carbocycles. The number of nitrogens with one attached hydrogen (secondary N) is 2. The van der Waals surface area contributed by atoms with Gasteiger partial charge in [-0.15, -0.1) is 0 Å². The van der Waals surface area contributed by atoms with E-state index in [0.717, 1.165) is 22.2 Å². The lowest BCUT2D eigenvalue weighted by Crippen LogP contribution is -2.32. The second-order valence-electron chi connectivity index (χ2n) is 10.8. The Balaban J connectivity index is 1.45. The number of carbonyl (C=O) groups excluding carboxylic acids is 2. The number of carbonyl (C=O) groups is 2. The monoisotopic (exact) mass is 560 g/mol. The molecule has 3 aromatic carbocycles. The van der Waals surface area contributed by atoms with Crippen molar-refractivity contribution in [2.24, 2.45) is 0 Å². The number of esters is 1. The largest absolute Gasteiger partial charge is 0.481 e. The summed E-state index contributed by atoms with van der Waals surface area (Å²) in [5, 5.41) is 6.81. The van der Waals surface area contributed by atoms with Gasteiger partial charge in [-0.25, -0.2) is 9.18 Å². The molecule has 1 aliphatic heterocycles. The molecule has 0 saturated heterocycles. The van der Waals surface area contributed by atoms with Crippen LogP contribution in [0.15, 0.2) is 65.3 Å². The van der Waals surface area contributed by atoms with Crippen molar-refractivity contribution in [2.45, 2.75) is 52.4 Å². The van der Waals surface area contributed by atoms with Gasteiger partial charge in [-0.05, 0) is 57.5 Å². The maximum absolute atomic E-state index is 15.9. The molecule has 9 heteroatoms. The number of ether oxygens (including phenoxy) is 3. The Labute approximate surface area is 237 Å². The van der Waals surface area contributed by atoms with E-state index in [-0.39, 0.29) is 18.9 Å². The van der Waals surface area contributed by atoms with E-state index in [2.05, 4.69) is 10.6 Å². The van der Waals surface area contributed by atoms with E-state index < -0.39 is 23.6 Å². The van der Waals surface area contributed by atoms with E-state index in [0.29, 0.717) is 41.2 Å². The quantitative estimate of drug-likeness (QED) is 0.237. The molecule has 1 aromatic heterocycles. The van der Waals surface area contributed by atoms with Gasteiger partial charge in [0.25, 0.3) is 0 Å². The van der Waals surface area contributed by atoms with Crippen molar-refractivity contribution in [3.8, 4) is 16.9 Å². The van der Waals surface area contributed by atoms with E-state index in [1.54, 1.807) is 52.2 Å². The van der Waals surface area contributed by atoms with Crippen molar-refractivity contribution in [3.63, 3.8) is 0 Å². The maximum Gasteiger partial charge on any atom is 0.407 e. The van der Waals surface area contributed by atoms with Gasteiger partial charge >= 0.3 is 12.1 Å². The van der Waals surface area contributed by atoms with Crippen molar-refractivity contribution in [3.05, 3.63) is 83.4 Å². The molecule has 0 saturated carbocycles. The minimum atomic E-state index is -0.661. The predicted octanol–water partition coefficient (Wildman–Crippen LogP) is 6.91. The number of furan rings is 1. The molecule has 0 bridgehead atoms. The SMILES string of the molecule is CCOC(=O)Cc1cccc2c1O[C@@H](c1cc(-c3cccc(CNC(=O)OC(C)(C)C)c3F)c3occc3c1)CN2. The molecule has 0 fully saturated rings. The molecule has 5 rings (SSSR count). The molecule has 1 aliphatic rings. The lowest BCUT2D eigenvalue weighted by atomic mass is 9.95. The van der Waals surface area contributed by atoms with Gasteiger partial charge in [0.15, 0.2) is 0 Å². The van der Waals surface area contributed by atoms with Gasteiger partial charge in [0.1, 0.15) is 28.9 Å². The van der Waals surface area contributed by atoms with Crippen LogP contribution in [0.25, 0.3) is 22.1 Å². The molecule has 4 aromatic rings. The number of halogens is 1. The van der Waals surface area contributed by atoms with Gasteiger partial charge in [-0.1, -0.05) is 30.3 Å². The molecule has 2 heterocycles. The molecule has 214 valence electrons. The van der Waals surface area contributed by atoms with Crippen molar-refractivity contribution in [1.29, 1.82) is 0 Å². The highest BCUT2D eigenvalue weighted by Crippen LogP contribution is 2.40. The van der Waals surface area contributed by atoms with Crippen molar-refractivity contribution >= 4 is 28.7 Å². The van der Waals surface area contributed by atoms with Crippen molar-refractivity contribution < 1.29 is 32.6 Å². The number of fused-ring (bicyclic) bond motifs is 2. The Morgan fingerprint density at radius 1 is 1.07 bits per heavy atom. The van der Waals surface area contributed by atoms with Crippen LogP contribution in [-0.4, -0.2) is 30.8 Å². The average Bonchev–Trinajstić information content (AvgIpc) is 3.40. The van der Waals surface area contributed by atoms with Gasteiger partial charge in [-0.3, -0.25) is 4.79 Å². The summed E-state index contributed by atoms with van der Waals surface area (Å²) in [6.07, 6.45) is 0.620. The summed E-state index contributed by atoms with van der Waals surface area (Å²) in [7, 11) is 0. The normalized spacial score (nSPS) is 14.5. The van der Waals surface area contributed by atoms with Gasteiger partial charge in [0.05, 0.1) is 31.5 Å². The lowest BCUT2D eigenvalue weighted by Gasteiger charge is -2.29. The van der Waals surface area contributed by atoms with Gasteiger partial charge in [0.2, 0.25) is 0 Å². The van der Waals surface area contributed by atoms with E-state index in [9.17, 15) is 9.59 Å². The highest BCUT2D eigenvalue weighted by molar-refractivity contribution is 5.93. The number of para-hydroxylation sites is 1. The molecule has 41 heavy (non-hydrogen) atoms. The van der Waals surface area contributed by atoms with Crippen LogP contribution in [0.1, 0.15) is 50.5 Å². The number of amides is 1. The van der Waals surface area contributed by atoms with Crippen molar-refractivity contribution in [1.82, 2.24) is 5.32 Å². The third-order valence-electron chi connectivity index (χ3n) is 6.61. The number of anilines is 1. The molecular weight excluding hydrogens is 527 g/mol. The van der Waals surface area contributed by atoms with Crippen LogP contribution in [0.4, 0.5) is 14.9 Å². The number of hydrogen-bond acceptors (Lipinski definition) is 7. The third kappa shape index (κ3) is 6.29. The van der Waals surface area contributed by atoms with Crippen LogP contribution in [0, 0.1) is 5.82 Å². The van der Waals surface area contributed by atoms with E-state index in [1.165, 1.54) is 0 Å². The summed E-state index contributed by atoms with van der Waals surface area (Å²) in [5.41, 5.74) is 3.42. The van der Waals surface area contributed by atoms with Gasteiger partial charge in [-0.2, -0.15) is 0 Å². The Morgan fingerprint density at radius 3 is 2.63 bits per heavy atom. The number of rotatable bonds is 7. The molecular formula is C32H33FN2O6. The Morgan fingerprint density at radius 2 is 1.85 bits per heavy atom. The zero-order valence-corrected chi connectivity index (χ0v) is 23.5. The van der Waals surface area contributed by atoms with E-state index in [4.69, 9.17) is 18.6 Å². The van der Waals surface area contributed by atoms with Gasteiger partial charge < -0.3 is 29.3 Å². The first-order valence-corrected chi connectivity index (χ1v) is 13.6. The first-order valence-electron chi connectivity index (χ1n) is 13.6. The molecule has 1 atom stereocenters. The molecule has 0 unspecified atom stereocenters. The predicted molar refractivity (Wildman–Crippen MR) is 153 cm³/mol. The summed E-state index contributed by atoms with van der Waals surface area (Å²) in [5.74, 6) is -0.208. The Bertz CT molecular complexity index is 1590.